The third-order valence-corrected chi connectivity index (χ3v) is 6.18. The van der Waals surface area contributed by atoms with Crippen molar-refractivity contribution >= 4 is 15.5 Å². The summed E-state index contributed by atoms with van der Waals surface area (Å²) in [5.41, 5.74) is 4.79. The molecule has 3 rings (SSSR count). The predicted molar refractivity (Wildman–Crippen MR) is 92.6 cm³/mol. The second kappa shape index (κ2) is 6.00. The van der Waals surface area contributed by atoms with Crippen LogP contribution in [0.25, 0.3) is 0 Å². The van der Waals surface area contributed by atoms with Crippen molar-refractivity contribution in [1.82, 2.24) is 9.78 Å². The molecule has 1 aromatic carbocycles. The second-order valence-electron chi connectivity index (χ2n) is 6.53. The molecule has 1 aliphatic rings. The standard InChI is InChI=1S/C17H23N3O2S/c1-13-4-5-14(2)17(8-13)19(3)10-15-9-18-20(11-15)16-6-7-23(21,22)12-16/h4-5,8-9,11,16H,6-7,10,12H2,1-3H3/t16-/m0/s1. The van der Waals surface area contributed by atoms with Gasteiger partial charge < -0.3 is 4.90 Å². The Labute approximate surface area is 137 Å². The van der Waals surface area contributed by atoms with Gasteiger partial charge in [0.25, 0.3) is 0 Å². The summed E-state index contributed by atoms with van der Waals surface area (Å²) in [6, 6.07) is 6.42. The number of benzene rings is 1. The Morgan fingerprint density at radius 1 is 1.35 bits per heavy atom. The van der Waals surface area contributed by atoms with E-state index in [1.807, 2.05) is 17.1 Å². The predicted octanol–water partition coefficient (Wildman–Crippen LogP) is 2.50. The summed E-state index contributed by atoms with van der Waals surface area (Å²) < 4.78 is 25.0. The number of sulfone groups is 1. The van der Waals surface area contributed by atoms with Gasteiger partial charge >= 0.3 is 0 Å². The fourth-order valence-corrected chi connectivity index (χ4v) is 4.84. The molecule has 5 nitrogen and oxygen atoms in total. The zero-order valence-electron chi connectivity index (χ0n) is 13.9. The Balaban J connectivity index is 1.73. The minimum Gasteiger partial charge on any atom is -0.370 e. The largest absolute Gasteiger partial charge is 0.370 e. The number of rotatable bonds is 4. The summed E-state index contributed by atoms with van der Waals surface area (Å²) in [5.74, 6) is 0.482. The number of aromatic nitrogens is 2. The lowest BCUT2D eigenvalue weighted by Crippen LogP contribution is -2.17. The number of nitrogens with zero attached hydrogens (tertiary/aromatic N) is 3. The van der Waals surface area contributed by atoms with Gasteiger partial charge in [-0.25, -0.2) is 8.42 Å². The molecule has 0 spiro atoms. The van der Waals surface area contributed by atoms with E-state index in [-0.39, 0.29) is 17.5 Å². The highest BCUT2D eigenvalue weighted by atomic mass is 32.2. The number of hydrogen-bond acceptors (Lipinski definition) is 4. The molecule has 1 aliphatic heterocycles. The van der Waals surface area contributed by atoms with Crippen molar-refractivity contribution in [1.29, 1.82) is 0 Å². The highest BCUT2D eigenvalue weighted by Crippen LogP contribution is 2.25. The van der Waals surface area contributed by atoms with Crippen LogP contribution in [0.5, 0.6) is 0 Å². The van der Waals surface area contributed by atoms with Crippen LogP contribution in [0.15, 0.2) is 30.6 Å². The zero-order valence-corrected chi connectivity index (χ0v) is 14.7. The average molecular weight is 333 g/mol. The molecule has 0 bridgehead atoms. The highest BCUT2D eigenvalue weighted by Gasteiger charge is 2.29. The molecule has 0 radical (unpaired) electrons. The molecule has 1 aromatic heterocycles. The van der Waals surface area contributed by atoms with Crippen LogP contribution in [0.2, 0.25) is 0 Å². The summed E-state index contributed by atoms with van der Waals surface area (Å²) in [6.07, 6.45) is 4.48. The van der Waals surface area contributed by atoms with Gasteiger partial charge in [-0.3, -0.25) is 4.68 Å². The maximum absolute atomic E-state index is 11.6. The molecule has 1 saturated heterocycles. The maximum atomic E-state index is 11.6. The molecule has 23 heavy (non-hydrogen) atoms. The number of hydrogen-bond donors (Lipinski definition) is 0. The minimum absolute atomic E-state index is 0.0141. The number of aryl methyl sites for hydroxylation is 2. The molecule has 124 valence electrons. The Bertz CT molecular complexity index is 811. The lowest BCUT2D eigenvalue weighted by atomic mass is 10.1. The van der Waals surface area contributed by atoms with Crippen molar-refractivity contribution in [2.45, 2.75) is 32.9 Å². The first kappa shape index (κ1) is 16.1. The molecule has 0 aliphatic carbocycles. The lowest BCUT2D eigenvalue weighted by Gasteiger charge is -2.21. The van der Waals surface area contributed by atoms with Crippen LogP contribution in [0.1, 0.15) is 29.2 Å². The topological polar surface area (TPSA) is 55.2 Å². The summed E-state index contributed by atoms with van der Waals surface area (Å²) in [4.78, 5) is 2.20. The average Bonchev–Trinajstić information content (AvgIpc) is 3.07. The van der Waals surface area contributed by atoms with Crippen LogP contribution in [-0.2, 0) is 16.4 Å². The van der Waals surface area contributed by atoms with E-state index in [1.165, 1.54) is 16.8 Å². The first-order chi connectivity index (χ1) is 10.8. The third kappa shape index (κ3) is 3.58. The minimum atomic E-state index is -2.88. The van der Waals surface area contributed by atoms with Gasteiger partial charge in [0.2, 0.25) is 0 Å². The molecular weight excluding hydrogens is 310 g/mol. The maximum Gasteiger partial charge on any atom is 0.152 e. The molecule has 6 heteroatoms. The van der Waals surface area contributed by atoms with Gasteiger partial charge in [-0.15, -0.1) is 0 Å². The molecule has 2 aromatic rings. The normalized spacial score (nSPS) is 19.9. The van der Waals surface area contributed by atoms with Crippen LogP contribution in [0, 0.1) is 13.8 Å². The summed E-state index contributed by atoms with van der Waals surface area (Å²) in [6.45, 7) is 4.96. The van der Waals surface area contributed by atoms with E-state index < -0.39 is 9.84 Å². The van der Waals surface area contributed by atoms with E-state index in [0.29, 0.717) is 6.42 Å². The lowest BCUT2D eigenvalue weighted by molar-refractivity contribution is 0.499. The van der Waals surface area contributed by atoms with Gasteiger partial charge in [-0.1, -0.05) is 12.1 Å². The number of anilines is 1. The molecule has 0 saturated carbocycles. The van der Waals surface area contributed by atoms with Crippen molar-refractivity contribution in [2.75, 3.05) is 23.5 Å². The van der Waals surface area contributed by atoms with Gasteiger partial charge in [-0.2, -0.15) is 5.10 Å². The first-order valence-electron chi connectivity index (χ1n) is 7.86. The fraction of sp³-hybridized carbons (Fsp3) is 0.471. The second-order valence-corrected chi connectivity index (χ2v) is 8.76. The van der Waals surface area contributed by atoms with Gasteiger partial charge in [0, 0.05) is 31.0 Å². The SMILES string of the molecule is Cc1ccc(C)c(N(C)Cc2cnn([C@H]3CCS(=O)(=O)C3)c2)c1. The van der Waals surface area contributed by atoms with Crippen LogP contribution in [0.3, 0.4) is 0 Å². The third-order valence-electron chi connectivity index (χ3n) is 4.43. The van der Waals surface area contributed by atoms with Crippen molar-refractivity contribution in [3.05, 3.63) is 47.3 Å². The summed E-state index contributed by atoms with van der Waals surface area (Å²) >= 11 is 0. The Kier molecular flexibility index (Phi) is 4.19. The molecule has 2 heterocycles. The van der Waals surface area contributed by atoms with E-state index in [4.69, 9.17) is 0 Å². The fourth-order valence-electron chi connectivity index (χ4n) is 3.13. The van der Waals surface area contributed by atoms with Gasteiger partial charge in [0.15, 0.2) is 9.84 Å². The van der Waals surface area contributed by atoms with Crippen LogP contribution in [-0.4, -0.2) is 36.8 Å². The van der Waals surface area contributed by atoms with Crippen molar-refractivity contribution in [2.24, 2.45) is 0 Å². The van der Waals surface area contributed by atoms with Crippen molar-refractivity contribution in [3.63, 3.8) is 0 Å². The van der Waals surface area contributed by atoms with E-state index in [9.17, 15) is 8.42 Å². The van der Waals surface area contributed by atoms with Crippen molar-refractivity contribution in [3.8, 4) is 0 Å². The van der Waals surface area contributed by atoms with E-state index in [0.717, 1.165) is 12.1 Å². The van der Waals surface area contributed by atoms with Crippen LogP contribution >= 0.6 is 0 Å². The molecule has 1 atom stereocenters. The Hall–Kier alpha value is -1.82. The summed E-state index contributed by atoms with van der Waals surface area (Å²) in [7, 11) is -0.813. The smallest absolute Gasteiger partial charge is 0.152 e. The quantitative estimate of drug-likeness (QED) is 0.863. The van der Waals surface area contributed by atoms with Crippen molar-refractivity contribution < 1.29 is 8.42 Å². The first-order valence-corrected chi connectivity index (χ1v) is 9.68. The van der Waals surface area contributed by atoms with Gasteiger partial charge in [-0.05, 0) is 37.5 Å². The van der Waals surface area contributed by atoms with Crippen LogP contribution < -0.4 is 4.90 Å². The Morgan fingerprint density at radius 2 is 2.13 bits per heavy atom. The van der Waals surface area contributed by atoms with Gasteiger partial charge in [0.1, 0.15) is 0 Å². The molecule has 0 amide bonds. The summed E-state index contributed by atoms with van der Waals surface area (Å²) in [5, 5.41) is 4.38. The monoisotopic (exact) mass is 333 g/mol. The Morgan fingerprint density at radius 3 is 2.83 bits per heavy atom. The van der Waals surface area contributed by atoms with Crippen LogP contribution in [0.4, 0.5) is 5.69 Å². The highest BCUT2D eigenvalue weighted by molar-refractivity contribution is 7.91. The molecular formula is C17H23N3O2S. The van der Waals surface area contributed by atoms with E-state index in [2.05, 4.69) is 49.1 Å². The zero-order chi connectivity index (χ0) is 16.6. The molecule has 1 fully saturated rings. The molecule has 0 N–H and O–H groups in total. The van der Waals surface area contributed by atoms with E-state index in [1.54, 1.807) is 0 Å². The van der Waals surface area contributed by atoms with E-state index >= 15 is 0 Å². The van der Waals surface area contributed by atoms with Gasteiger partial charge in [0.05, 0.1) is 23.7 Å². The molecule has 0 unspecified atom stereocenters.